The zero-order valence-corrected chi connectivity index (χ0v) is 11.2. The van der Waals surface area contributed by atoms with Crippen LogP contribution in [0, 0.1) is 11.8 Å². The predicted octanol–water partition coefficient (Wildman–Crippen LogP) is 2.49. The maximum Gasteiger partial charge on any atom is 0.0145 e. The summed E-state index contributed by atoms with van der Waals surface area (Å²) < 4.78 is 0. The third-order valence-corrected chi connectivity index (χ3v) is 4.82. The van der Waals surface area contributed by atoms with Gasteiger partial charge in [-0.25, -0.2) is 0 Å². The summed E-state index contributed by atoms with van der Waals surface area (Å²) in [5.41, 5.74) is 0. The summed E-state index contributed by atoms with van der Waals surface area (Å²) in [6, 6.07) is 1.68. The largest absolute Gasteiger partial charge is 0.316 e. The lowest BCUT2D eigenvalue weighted by Gasteiger charge is -2.43. The highest BCUT2D eigenvalue weighted by molar-refractivity contribution is 4.86. The fraction of sp³-hybridized carbons (Fsp3) is 1.00. The molecule has 2 rings (SSSR count). The van der Waals surface area contributed by atoms with Crippen molar-refractivity contribution in [3.63, 3.8) is 0 Å². The Balaban J connectivity index is 1.88. The second-order valence-corrected chi connectivity index (χ2v) is 6.12. The van der Waals surface area contributed by atoms with Gasteiger partial charge in [-0.15, -0.1) is 0 Å². The molecule has 0 aromatic rings. The number of rotatable bonds is 2. The molecule has 94 valence electrons. The second kappa shape index (κ2) is 5.50. The van der Waals surface area contributed by atoms with Crippen molar-refractivity contribution in [2.45, 2.75) is 58.0 Å². The topological polar surface area (TPSA) is 15.3 Å². The Morgan fingerprint density at radius 2 is 1.69 bits per heavy atom. The molecule has 0 bridgehead atoms. The minimum Gasteiger partial charge on any atom is -0.316 e. The lowest BCUT2D eigenvalue weighted by atomic mass is 9.84. The van der Waals surface area contributed by atoms with Gasteiger partial charge in [-0.1, -0.05) is 13.8 Å². The van der Waals surface area contributed by atoms with Gasteiger partial charge in [0, 0.05) is 12.1 Å². The highest BCUT2D eigenvalue weighted by Crippen LogP contribution is 2.29. The Bertz CT molecular complexity index is 209. The van der Waals surface area contributed by atoms with E-state index in [9.17, 15) is 0 Å². The van der Waals surface area contributed by atoms with Gasteiger partial charge in [0.2, 0.25) is 0 Å². The highest BCUT2D eigenvalue weighted by Gasteiger charge is 2.30. The van der Waals surface area contributed by atoms with Crippen molar-refractivity contribution in [2.75, 3.05) is 20.1 Å². The summed E-state index contributed by atoms with van der Waals surface area (Å²) in [5.74, 6) is 1.79. The third-order valence-electron chi connectivity index (χ3n) is 4.82. The fourth-order valence-corrected chi connectivity index (χ4v) is 3.53. The number of hydrogen-bond donors (Lipinski definition) is 1. The van der Waals surface area contributed by atoms with Crippen molar-refractivity contribution >= 4 is 0 Å². The fourth-order valence-electron chi connectivity index (χ4n) is 3.53. The number of nitrogens with zero attached hydrogens (tertiary/aromatic N) is 1. The first kappa shape index (κ1) is 12.4. The summed E-state index contributed by atoms with van der Waals surface area (Å²) in [5, 5.41) is 3.50. The molecule has 2 nitrogen and oxygen atoms in total. The minimum absolute atomic E-state index is 0.818. The summed E-state index contributed by atoms with van der Waals surface area (Å²) in [7, 11) is 2.37. The standard InChI is InChI=1S/C14H28N2/c1-11-4-6-13(7-5-11)16(3)14-8-9-15-10-12(14)2/h11-15H,4-10H2,1-3H3. The van der Waals surface area contributed by atoms with Crippen LogP contribution in [0.2, 0.25) is 0 Å². The predicted molar refractivity (Wildman–Crippen MR) is 69.6 cm³/mol. The molecule has 0 aromatic carbocycles. The number of hydrogen-bond acceptors (Lipinski definition) is 2. The Morgan fingerprint density at radius 1 is 1.00 bits per heavy atom. The number of nitrogens with one attached hydrogen (secondary N) is 1. The van der Waals surface area contributed by atoms with Gasteiger partial charge in [0.1, 0.15) is 0 Å². The van der Waals surface area contributed by atoms with E-state index in [1.165, 1.54) is 45.2 Å². The lowest BCUT2D eigenvalue weighted by molar-refractivity contribution is 0.0756. The van der Waals surface area contributed by atoms with Crippen LogP contribution < -0.4 is 5.32 Å². The average Bonchev–Trinajstić information content (AvgIpc) is 2.30. The van der Waals surface area contributed by atoms with Gasteiger partial charge in [-0.2, -0.15) is 0 Å². The van der Waals surface area contributed by atoms with Gasteiger partial charge in [-0.05, 0) is 64.1 Å². The third kappa shape index (κ3) is 2.78. The van der Waals surface area contributed by atoms with Gasteiger partial charge >= 0.3 is 0 Å². The van der Waals surface area contributed by atoms with Crippen molar-refractivity contribution in [3.8, 4) is 0 Å². The molecule has 2 fully saturated rings. The van der Waals surface area contributed by atoms with Crippen molar-refractivity contribution < 1.29 is 0 Å². The zero-order chi connectivity index (χ0) is 11.5. The maximum atomic E-state index is 3.50. The molecule has 1 aliphatic heterocycles. The van der Waals surface area contributed by atoms with Crippen LogP contribution in [0.3, 0.4) is 0 Å². The molecule has 0 amide bonds. The molecule has 0 spiro atoms. The van der Waals surface area contributed by atoms with E-state index in [0.29, 0.717) is 0 Å². The molecule has 2 heteroatoms. The minimum atomic E-state index is 0.818. The molecule has 1 saturated heterocycles. The molecular weight excluding hydrogens is 196 g/mol. The van der Waals surface area contributed by atoms with Crippen LogP contribution in [-0.2, 0) is 0 Å². The van der Waals surface area contributed by atoms with E-state index in [-0.39, 0.29) is 0 Å². The zero-order valence-electron chi connectivity index (χ0n) is 11.2. The van der Waals surface area contributed by atoms with Gasteiger partial charge in [0.15, 0.2) is 0 Å². The van der Waals surface area contributed by atoms with Gasteiger partial charge < -0.3 is 10.2 Å². The Morgan fingerprint density at radius 3 is 2.31 bits per heavy atom. The molecule has 1 saturated carbocycles. The van der Waals surface area contributed by atoms with Crippen LogP contribution in [0.25, 0.3) is 0 Å². The van der Waals surface area contributed by atoms with Crippen LogP contribution in [0.4, 0.5) is 0 Å². The molecule has 2 atom stereocenters. The van der Waals surface area contributed by atoms with Crippen LogP contribution in [-0.4, -0.2) is 37.1 Å². The van der Waals surface area contributed by atoms with Gasteiger partial charge in [0.05, 0.1) is 0 Å². The molecule has 1 heterocycles. The summed E-state index contributed by atoms with van der Waals surface area (Å²) in [6.07, 6.45) is 7.06. The first-order valence-electron chi connectivity index (χ1n) is 7.11. The van der Waals surface area contributed by atoms with Crippen molar-refractivity contribution in [3.05, 3.63) is 0 Å². The average molecular weight is 224 g/mol. The Hall–Kier alpha value is -0.0800. The molecule has 2 aliphatic rings. The van der Waals surface area contributed by atoms with E-state index in [0.717, 1.165) is 23.9 Å². The van der Waals surface area contributed by atoms with Crippen molar-refractivity contribution in [1.82, 2.24) is 10.2 Å². The monoisotopic (exact) mass is 224 g/mol. The van der Waals surface area contributed by atoms with E-state index < -0.39 is 0 Å². The smallest absolute Gasteiger partial charge is 0.0145 e. The lowest BCUT2D eigenvalue weighted by Crippen LogP contribution is -2.51. The van der Waals surface area contributed by atoms with Gasteiger partial charge in [0.25, 0.3) is 0 Å². The molecule has 16 heavy (non-hydrogen) atoms. The Labute approximate surface area is 101 Å². The quantitative estimate of drug-likeness (QED) is 0.775. The summed E-state index contributed by atoms with van der Waals surface area (Å²) in [4.78, 5) is 2.71. The summed E-state index contributed by atoms with van der Waals surface area (Å²) >= 11 is 0. The maximum absolute atomic E-state index is 3.50. The van der Waals surface area contributed by atoms with Crippen LogP contribution >= 0.6 is 0 Å². The molecule has 1 aliphatic carbocycles. The van der Waals surface area contributed by atoms with E-state index in [1.54, 1.807) is 0 Å². The van der Waals surface area contributed by atoms with Crippen LogP contribution in [0.15, 0.2) is 0 Å². The van der Waals surface area contributed by atoms with E-state index in [2.05, 4.69) is 31.1 Å². The van der Waals surface area contributed by atoms with Gasteiger partial charge in [-0.3, -0.25) is 0 Å². The molecular formula is C14H28N2. The molecule has 0 aromatic heterocycles. The van der Waals surface area contributed by atoms with Crippen LogP contribution in [0.1, 0.15) is 46.0 Å². The van der Waals surface area contributed by atoms with E-state index in [1.807, 2.05) is 0 Å². The molecule has 0 radical (unpaired) electrons. The molecule has 2 unspecified atom stereocenters. The number of piperidine rings is 1. The van der Waals surface area contributed by atoms with Crippen molar-refractivity contribution in [1.29, 1.82) is 0 Å². The second-order valence-electron chi connectivity index (χ2n) is 6.12. The molecule has 1 N–H and O–H groups in total. The van der Waals surface area contributed by atoms with Crippen molar-refractivity contribution in [2.24, 2.45) is 11.8 Å². The first-order valence-corrected chi connectivity index (χ1v) is 7.11. The highest BCUT2D eigenvalue weighted by atomic mass is 15.2. The first-order chi connectivity index (χ1) is 7.68. The van der Waals surface area contributed by atoms with Crippen LogP contribution in [0.5, 0.6) is 0 Å². The normalized spacial score (nSPS) is 41.2. The SMILES string of the molecule is CC1CCC(N(C)C2CCNCC2C)CC1. The van der Waals surface area contributed by atoms with E-state index in [4.69, 9.17) is 0 Å². The Kier molecular flexibility index (Phi) is 4.26. The van der Waals surface area contributed by atoms with E-state index >= 15 is 0 Å². The summed E-state index contributed by atoms with van der Waals surface area (Å²) in [6.45, 7) is 7.22.